The van der Waals surface area contributed by atoms with E-state index in [0.717, 1.165) is 12.8 Å². The largest absolute Gasteiger partial charge is 0.507 e. The van der Waals surface area contributed by atoms with Crippen molar-refractivity contribution in [3.8, 4) is 17.2 Å². The lowest BCUT2D eigenvalue weighted by Gasteiger charge is -2.44. The van der Waals surface area contributed by atoms with Crippen LogP contribution in [0.15, 0.2) is 61.2 Å². The molecule has 36 heteroatoms. The zero-order chi connectivity index (χ0) is 82.6. The number of methoxy groups -OCH3 is 1. The van der Waals surface area contributed by atoms with Crippen LogP contribution in [0.4, 0.5) is 0 Å². The van der Waals surface area contributed by atoms with Gasteiger partial charge in [-0.3, -0.25) is 72.1 Å². The molecule has 5 heterocycles. The summed E-state index contributed by atoms with van der Waals surface area (Å²) in [6.45, 7) is 10.2. The molecular weight excluding hydrogens is 1500 g/mol. The predicted octanol–water partition coefficient (Wildman–Crippen LogP) is 0.422. The lowest BCUT2D eigenvalue weighted by Crippen LogP contribution is -2.59. The van der Waals surface area contributed by atoms with Crippen LogP contribution in [0.5, 0.6) is 17.2 Å². The van der Waals surface area contributed by atoms with E-state index < -0.39 is 229 Å². The van der Waals surface area contributed by atoms with Crippen LogP contribution < -0.4 is 53.4 Å². The fraction of sp³-hybridized carbons (Fsp3) is 0.538. The number of ketones is 3. The van der Waals surface area contributed by atoms with Gasteiger partial charge in [0.1, 0.15) is 53.1 Å². The number of H-pyrrole nitrogens is 2. The topological polar surface area (TPSA) is 527 Å². The summed E-state index contributed by atoms with van der Waals surface area (Å²) in [6, 6.07) is 3.09. The maximum atomic E-state index is 14.5. The van der Waals surface area contributed by atoms with E-state index in [1.165, 1.54) is 44.8 Å². The van der Waals surface area contributed by atoms with Crippen LogP contribution in [0.3, 0.4) is 0 Å². The highest BCUT2D eigenvalue weighted by Gasteiger charge is 2.52. The van der Waals surface area contributed by atoms with Gasteiger partial charge in [-0.2, -0.15) is 0 Å². The fourth-order valence-electron chi connectivity index (χ4n) is 15.3. The normalized spacial score (nSPS) is 21.7. The third-order valence-electron chi connectivity index (χ3n) is 21.3. The SMILES string of the molecule is COc1cccc2c1C(=O)c1c(O)c3c(c(O)c1C2=O)C[C@@](O)(C(=O)COC(=O)CCCC(=O)N[C@@H](CCC(N)=O)C(=O)N[C@@H](Cc1c[nH]c2ccccc12)C(=O)N[C@@H](C)C(=O)N[C@H](C(=O)NCC(=O)N[C@@H](Cc1cnc[nH]1)C(=O)N[C@@H](CC(C)C)CN1CSC[C@H]1C(N)=O)C(C)C)C[C@@H]3O[C@H]1C[C@H](N2CCCC2)[C@H](O)[C@H](C)O1. The Kier molecular flexibility index (Phi) is 28.8. The number of carbonyl (C=O) groups excluding carboxylic acids is 13. The number of aromatic hydroxyl groups is 2. The first-order valence-electron chi connectivity index (χ1n) is 38.2. The van der Waals surface area contributed by atoms with Gasteiger partial charge >= 0.3 is 5.97 Å². The van der Waals surface area contributed by atoms with E-state index in [4.69, 9.17) is 30.4 Å². The van der Waals surface area contributed by atoms with Crippen molar-refractivity contribution in [3.05, 3.63) is 106 Å². The van der Waals surface area contributed by atoms with Gasteiger partial charge in [0, 0.05) is 127 Å². The van der Waals surface area contributed by atoms with Gasteiger partial charge in [-0.1, -0.05) is 58.0 Å². The number of Topliss-reactive ketones (excluding diaryl/α,β-unsaturated/α-hetero) is 1. The number of primary amides is 2. The summed E-state index contributed by atoms with van der Waals surface area (Å²) in [5.74, 6) is -11.8. The maximum Gasteiger partial charge on any atom is 0.306 e. The van der Waals surface area contributed by atoms with Gasteiger partial charge in [0.25, 0.3) is 0 Å². The number of carbonyl (C=O) groups is 13. The standard InChI is InChI=1S/C78H102N14O21S/c1-38(2)24-44(33-92-37-114-35-53(92)72(80)103)86-76(107)51(26-43-31-81-36-84-43)88-59(96)32-83-77(108)66(39(3)4)90-73(104)40(5)85-75(106)50(25-42-30-82-48-16-9-8-14-45(42)48)89-74(105)49(20-21-57(79)94)87-58(95)18-13-19-60(97)111-34-56(93)78(109)28-47-63(55(29-78)113-61-27-52(67(98)41(6)112-61)91-22-10-11-23-91)71(102)65-64(69(47)100)68(99)46-15-12-17-54(110-7)62(46)70(65)101/h8-9,12,14-17,30-31,36,38-41,44,49-53,55,61,66-67,82,98,100,102,109H,10-11,13,18-29,32-35,37H2,1-7H3,(H2,79,94)(H2,80,103)(H,81,84)(H,83,108)(H,85,106)(H,86,107)(H,87,95)(H,88,96)(H,89,105)(H,90,104)/t40-,41-,44-,49-,50-,51-,52-,53-,55-,61-,66-,67+,78-/m0/s1. The minimum absolute atomic E-state index is 0.00624. The molecule has 35 nitrogen and oxygen atoms in total. The number of benzene rings is 3. The summed E-state index contributed by atoms with van der Waals surface area (Å²) >= 11 is 1.55. The number of phenols is 2. The predicted molar refractivity (Wildman–Crippen MR) is 410 cm³/mol. The molecule has 0 unspecified atom stereocenters. The fourth-order valence-corrected chi connectivity index (χ4v) is 16.6. The van der Waals surface area contributed by atoms with E-state index in [1.54, 1.807) is 63.0 Å². The van der Waals surface area contributed by atoms with Gasteiger partial charge in [0.2, 0.25) is 64.7 Å². The molecule has 3 saturated heterocycles. The van der Waals surface area contributed by atoms with Crippen LogP contribution in [-0.2, 0) is 86.2 Å². The number of likely N-dealkylation sites (tertiary alicyclic amines) is 1. The average Bonchev–Trinajstić information content (AvgIpc) is 1.01. The smallest absolute Gasteiger partial charge is 0.306 e. The molecule has 5 aromatic rings. The monoisotopic (exact) mass is 1600 g/mol. The molecule has 3 aromatic carbocycles. The Labute approximate surface area is 661 Å². The Hall–Kier alpha value is -10.4. The number of amides is 9. The number of rotatable bonds is 37. The van der Waals surface area contributed by atoms with Crippen LogP contribution in [-0.4, -0.2) is 246 Å². The molecule has 616 valence electrons. The number of aliphatic hydroxyl groups is 2. The number of nitrogens with one attached hydrogen (secondary N) is 9. The van der Waals surface area contributed by atoms with Crippen molar-refractivity contribution in [2.24, 2.45) is 23.3 Å². The van der Waals surface area contributed by atoms with Crippen molar-refractivity contribution < 1.29 is 102 Å². The summed E-state index contributed by atoms with van der Waals surface area (Å²) < 4.78 is 23.4. The van der Waals surface area contributed by atoms with Crippen molar-refractivity contribution in [1.82, 2.24) is 62.0 Å². The second-order valence-corrected chi connectivity index (χ2v) is 31.5. The number of thioether (sulfide) groups is 1. The summed E-state index contributed by atoms with van der Waals surface area (Å²) in [6.07, 6.45) is -1.14. The highest BCUT2D eigenvalue weighted by atomic mass is 32.2. The summed E-state index contributed by atoms with van der Waals surface area (Å²) in [4.78, 5) is 193. The first-order chi connectivity index (χ1) is 54.2. The number of esters is 1. The Bertz CT molecular complexity index is 4430. The van der Waals surface area contributed by atoms with E-state index in [2.05, 4.69) is 57.1 Å². The second kappa shape index (κ2) is 38.2. The van der Waals surface area contributed by atoms with Crippen LogP contribution >= 0.6 is 11.8 Å². The van der Waals surface area contributed by atoms with Crippen molar-refractivity contribution in [2.75, 3.05) is 51.5 Å². The highest BCUT2D eigenvalue weighted by molar-refractivity contribution is 7.99. The minimum atomic E-state index is -2.55. The van der Waals surface area contributed by atoms with Gasteiger partial charge in [0.15, 0.2) is 18.7 Å². The van der Waals surface area contributed by atoms with Crippen molar-refractivity contribution in [2.45, 2.75) is 204 Å². The summed E-state index contributed by atoms with van der Waals surface area (Å²) in [5.41, 5.74) is 8.37. The number of nitrogens with zero attached hydrogens (tertiary/aromatic N) is 3. The van der Waals surface area contributed by atoms with Crippen molar-refractivity contribution in [1.29, 1.82) is 0 Å². The van der Waals surface area contributed by atoms with E-state index in [-0.39, 0.29) is 66.0 Å². The number of nitrogens with two attached hydrogens (primary N) is 2. The van der Waals surface area contributed by atoms with Crippen molar-refractivity contribution in [3.63, 3.8) is 0 Å². The molecule has 5 aliphatic rings. The van der Waals surface area contributed by atoms with Gasteiger partial charge in [-0.15, -0.1) is 11.8 Å². The van der Waals surface area contributed by atoms with Crippen LogP contribution in [0.25, 0.3) is 10.9 Å². The number of para-hydroxylation sites is 1. The lowest BCUT2D eigenvalue weighted by atomic mass is 9.72. The molecule has 114 heavy (non-hydrogen) atoms. The molecule has 3 fully saturated rings. The molecule has 3 aliphatic heterocycles. The van der Waals surface area contributed by atoms with E-state index >= 15 is 0 Å². The maximum absolute atomic E-state index is 14.5. The Morgan fingerprint density at radius 3 is 2.18 bits per heavy atom. The second-order valence-electron chi connectivity index (χ2n) is 30.5. The van der Waals surface area contributed by atoms with E-state index in [9.17, 15) is 82.8 Å². The number of fused-ring (bicyclic) bond motifs is 4. The number of aromatic amines is 2. The number of ether oxygens (including phenoxy) is 4. The van der Waals surface area contributed by atoms with Crippen LogP contribution in [0.1, 0.15) is 166 Å². The molecule has 2 aromatic heterocycles. The first kappa shape index (κ1) is 86.0. The number of aliphatic hydroxyl groups excluding tert-OH is 1. The number of phenolic OH excluding ortho intramolecular Hbond substituents is 2. The average molecular weight is 1600 g/mol. The molecular formula is C78H102N14O21S. The van der Waals surface area contributed by atoms with E-state index in [1.807, 2.05) is 18.7 Å². The Morgan fingerprint density at radius 1 is 0.781 bits per heavy atom. The number of hydrogen-bond acceptors (Lipinski definition) is 25. The summed E-state index contributed by atoms with van der Waals surface area (Å²) in [7, 11) is 1.29. The summed E-state index contributed by atoms with van der Waals surface area (Å²) in [5, 5.41) is 67.3. The molecule has 17 N–H and O–H groups in total. The lowest BCUT2D eigenvalue weighted by molar-refractivity contribution is -0.257. The van der Waals surface area contributed by atoms with E-state index in [0.29, 0.717) is 59.8 Å². The number of hydrogen-bond donors (Lipinski definition) is 15. The molecule has 9 amide bonds. The zero-order valence-electron chi connectivity index (χ0n) is 64.6. The minimum Gasteiger partial charge on any atom is -0.507 e. The molecule has 13 atom stereocenters. The van der Waals surface area contributed by atoms with Gasteiger partial charge in [-0.25, -0.2) is 4.98 Å². The van der Waals surface area contributed by atoms with Gasteiger partial charge in [0.05, 0.1) is 61.0 Å². The molecule has 10 rings (SSSR count). The zero-order valence-corrected chi connectivity index (χ0v) is 65.4. The van der Waals surface area contributed by atoms with Gasteiger partial charge < -0.3 is 98.0 Å². The van der Waals surface area contributed by atoms with Crippen LogP contribution in [0.2, 0.25) is 0 Å². The quantitative estimate of drug-likeness (QED) is 0.0186. The molecule has 2 aliphatic carbocycles. The molecule has 0 saturated carbocycles. The van der Waals surface area contributed by atoms with Gasteiger partial charge in [-0.05, 0) is 88.6 Å². The molecule has 0 radical (unpaired) electrons. The molecule has 0 spiro atoms. The van der Waals surface area contributed by atoms with Crippen LogP contribution in [0, 0.1) is 11.8 Å². The highest BCUT2D eigenvalue weighted by Crippen LogP contribution is 2.53. The Balaban J connectivity index is 0.758. The number of imidazole rings is 1. The third kappa shape index (κ3) is 20.8. The number of aromatic nitrogens is 3. The third-order valence-corrected chi connectivity index (χ3v) is 22.4. The Morgan fingerprint density at radius 2 is 1.48 bits per heavy atom. The van der Waals surface area contributed by atoms with Crippen molar-refractivity contribution >= 4 is 99.1 Å². The molecule has 0 bridgehead atoms. The first-order valence-corrected chi connectivity index (χ1v) is 39.4.